The Morgan fingerprint density at radius 1 is 1.24 bits per heavy atom. The first-order chi connectivity index (χ1) is 11.9. The molecule has 0 aliphatic carbocycles. The SMILES string of the molecule is CNC(=O)c1c(Nc2ccccc2N(C)S(C)=O)cc(NC)nc1N. The number of nitrogens with two attached hydrogens (primary N) is 1. The molecule has 0 saturated carbocycles. The number of nitrogens with one attached hydrogen (secondary N) is 3. The van der Waals surface area contributed by atoms with Gasteiger partial charge in [0.25, 0.3) is 5.91 Å². The van der Waals surface area contributed by atoms with E-state index in [0.717, 1.165) is 5.69 Å². The number of amides is 1. The molecule has 9 heteroatoms. The zero-order chi connectivity index (χ0) is 18.6. The molecule has 1 amide bonds. The number of pyridine rings is 1. The fraction of sp³-hybridized carbons (Fsp3) is 0.250. The molecule has 0 spiro atoms. The van der Waals surface area contributed by atoms with Crippen LogP contribution < -0.4 is 26.0 Å². The van der Waals surface area contributed by atoms with Crippen LogP contribution in [0.1, 0.15) is 10.4 Å². The summed E-state index contributed by atoms with van der Waals surface area (Å²) in [6.45, 7) is 0. The molecule has 1 aromatic heterocycles. The van der Waals surface area contributed by atoms with Crippen molar-refractivity contribution in [2.75, 3.05) is 48.1 Å². The number of hydrogen-bond donors (Lipinski definition) is 4. The summed E-state index contributed by atoms with van der Waals surface area (Å²) in [5.74, 6) is 0.288. The van der Waals surface area contributed by atoms with Gasteiger partial charge in [-0.2, -0.15) is 0 Å². The Hall–Kier alpha value is -2.81. The number of nitrogen functional groups attached to an aromatic ring is 1. The highest BCUT2D eigenvalue weighted by molar-refractivity contribution is 7.85. The zero-order valence-corrected chi connectivity index (χ0v) is 15.4. The molecule has 134 valence electrons. The van der Waals surface area contributed by atoms with Gasteiger partial charge < -0.3 is 21.7 Å². The minimum atomic E-state index is -1.19. The van der Waals surface area contributed by atoms with Gasteiger partial charge in [0.1, 0.15) is 28.2 Å². The van der Waals surface area contributed by atoms with Gasteiger partial charge in [0.15, 0.2) is 0 Å². The van der Waals surface area contributed by atoms with Crippen molar-refractivity contribution in [1.29, 1.82) is 0 Å². The van der Waals surface area contributed by atoms with E-state index >= 15 is 0 Å². The highest BCUT2D eigenvalue weighted by Gasteiger charge is 2.19. The van der Waals surface area contributed by atoms with Crippen LogP contribution in [-0.4, -0.2) is 42.5 Å². The van der Waals surface area contributed by atoms with Gasteiger partial charge >= 0.3 is 0 Å². The van der Waals surface area contributed by atoms with Gasteiger partial charge in [0, 0.05) is 33.5 Å². The van der Waals surface area contributed by atoms with Gasteiger partial charge in [0.2, 0.25) is 0 Å². The normalized spacial score (nSPS) is 11.5. The summed E-state index contributed by atoms with van der Waals surface area (Å²) < 4.78 is 13.5. The fourth-order valence-electron chi connectivity index (χ4n) is 2.29. The molecule has 1 atom stereocenters. The Kier molecular flexibility index (Phi) is 5.81. The molecule has 1 heterocycles. The lowest BCUT2D eigenvalue weighted by molar-refractivity contribution is 0.0964. The van der Waals surface area contributed by atoms with Crippen molar-refractivity contribution in [1.82, 2.24) is 10.3 Å². The lowest BCUT2D eigenvalue weighted by atomic mass is 10.1. The van der Waals surface area contributed by atoms with Crippen molar-refractivity contribution < 1.29 is 9.00 Å². The quantitative estimate of drug-likeness (QED) is 0.620. The van der Waals surface area contributed by atoms with Gasteiger partial charge in [-0.05, 0) is 12.1 Å². The standard InChI is InChI=1S/C16H22N6O2S/c1-18-13-9-11(14(15(17)21-13)16(23)19-2)20-10-7-5-6-8-12(10)22(3)25(4)24/h5-9H,1-4H3,(H,19,23)(H4,17,18,20,21). The van der Waals surface area contributed by atoms with Crippen LogP contribution in [-0.2, 0) is 11.0 Å². The van der Waals surface area contributed by atoms with Crippen LogP contribution in [0.5, 0.6) is 0 Å². The molecule has 25 heavy (non-hydrogen) atoms. The van der Waals surface area contributed by atoms with Crippen LogP contribution in [0.25, 0.3) is 0 Å². The number of hydrogen-bond acceptors (Lipinski definition) is 6. The van der Waals surface area contributed by atoms with Gasteiger partial charge in [-0.15, -0.1) is 0 Å². The molecule has 0 radical (unpaired) electrons. The van der Waals surface area contributed by atoms with Crippen molar-refractivity contribution >= 4 is 45.6 Å². The number of aromatic nitrogens is 1. The molecule has 1 unspecified atom stereocenters. The number of para-hydroxylation sites is 2. The van der Waals surface area contributed by atoms with Crippen molar-refractivity contribution in [2.45, 2.75) is 0 Å². The molecule has 1 aromatic carbocycles. The van der Waals surface area contributed by atoms with Crippen LogP contribution in [0.2, 0.25) is 0 Å². The molecule has 2 aromatic rings. The lowest BCUT2D eigenvalue weighted by Gasteiger charge is -2.21. The molecule has 8 nitrogen and oxygen atoms in total. The Balaban J connectivity index is 2.55. The van der Waals surface area contributed by atoms with E-state index in [4.69, 9.17) is 5.73 Å². The van der Waals surface area contributed by atoms with Crippen LogP contribution in [0, 0.1) is 0 Å². The average Bonchev–Trinajstić information content (AvgIpc) is 2.60. The molecule has 0 fully saturated rings. The molecule has 0 aliphatic heterocycles. The molecule has 5 N–H and O–H groups in total. The minimum Gasteiger partial charge on any atom is -0.383 e. The summed E-state index contributed by atoms with van der Waals surface area (Å²) in [5, 5.41) is 8.69. The highest BCUT2D eigenvalue weighted by Crippen LogP contribution is 2.32. The lowest BCUT2D eigenvalue weighted by Crippen LogP contribution is -2.22. The molecule has 2 rings (SSSR count). The van der Waals surface area contributed by atoms with E-state index in [1.165, 1.54) is 7.05 Å². The maximum Gasteiger partial charge on any atom is 0.256 e. The Bertz CT molecular complexity index is 811. The summed E-state index contributed by atoms with van der Waals surface area (Å²) in [4.78, 5) is 16.4. The third-order valence-electron chi connectivity index (χ3n) is 3.66. The predicted octanol–water partition coefficient (Wildman–Crippen LogP) is 1.54. The van der Waals surface area contributed by atoms with E-state index in [0.29, 0.717) is 17.2 Å². The summed E-state index contributed by atoms with van der Waals surface area (Å²) in [5.41, 5.74) is 8.13. The number of rotatable bonds is 6. The third kappa shape index (κ3) is 4.00. The van der Waals surface area contributed by atoms with Crippen LogP contribution in [0.15, 0.2) is 30.3 Å². The maximum absolute atomic E-state index is 12.2. The van der Waals surface area contributed by atoms with Gasteiger partial charge in [-0.25, -0.2) is 9.19 Å². The van der Waals surface area contributed by atoms with E-state index in [9.17, 15) is 9.00 Å². The number of benzene rings is 1. The molecule has 0 saturated heterocycles. The first-order valence-electron chi connectivity index (χ1n) is 7.52. The first kappa shape index (κ1) is 18.5. The summed E-state index contributed by atoms with van der Waals surface area (Å²) >= 11 is 0. The first-order valence-corrected chi connectivity index (χ1v) is 9.04. The molecular weight excluding hydrogens is 340 g/mol. The highest BCUT2D eigenvalue weighted by atomic mass is 32.2. The van der Waals surface area contributed by atoms with E-state index in [1.807, 2.05) is 24.3 Å². The van der Waals surface area contributed by atoms with E-state index in [2.05, 4.69) is 20.9 Å². The monoisotopic (exact) mass is 362 g/mol. The second kappa shape index (κ2) is 7.84. The Labute approximate surface area is 149 Å². The van der Waals surface area contributed by atoms with Crippen LogP contribution >= 0.6 is 0 Å². The van der Waals surface area contributed by atoms with Crippen molar-refractivity contribution in [3.8, 4) is 0 Å². The largest absolute Gasteiger partial charge is 0.383 e. The van der Waals surface area contributed by atoms with Gasteiger partial charge in [-0.3, -0.25) is 9.10 Å². The second-order valence-corrected chi connectivity index (χ2v) is 6.60. The maximum atomic E-state index is 12.2. The van der Waals surface area contributed by atoms with Crippen LogP contribution in [0.3, 0.4) is 0 Å². The Morgan fingerprint density at radius 2 is 1.92 bits per heavy atom. The molecule has 0 bridgehead atoms. The number of carbonyl (C=O) groups is 1. The smallest absolute Gasteiger partial charge is 0.256 e. The van der Waals surface area contributed by atoms with E-state index < -0.39 is 11.0 Å². The zero-order valence-electron chi connectivity index (χ0n) is 14.6. The van der Waals surface area contributed by atoms with Crippen molar-refractivity contribution in [3.63, 3.8) is 0 Å². The van der Waals surface area contributed by atoms with E-state index in [1.54, 1.807) is 30.7 Å². The number of carbonyl (C=O) groups excluding carboxylic acids is 1. The summed E-state index contributed by atoms with van der Waals surface area (Å²) in [6, 6.07) is 9.07. The average molecular weight is 362 g/mol. The summed E-state index contributed by atoms with van der Waals surface area (Å²) in [6.07, 6.45) is 1.59. The Morgan fingerprint density at radius 3 is 2.52 bits per heavy atom. The fourth-order valence-corrected chi connectivity index (χ4v) is 2.73. The van der Waals surface area contributed by atoms with Gasteiger partial charge in [0.05, 0.1) is 17.1 Å². The third-order valence-corrected chi connectivity index (χ3v) is 4.62. The number of nitrogens with zero attached hydrogens (tertiary/aromatic N) is 2. The molecule has 0 aliphatic rings. The minimum absolute atomic E-state index is 0.110. The van der Waals surface area contributed by atoms with Crippen molar-refractivity contribution in [2.24, 2.45) is 0 Å². The van der Waals surface area contributed by atoms with Crippen molar-refractivity contribution in [3.05, 3.63) is 35.9 Å². The summed E-state index contributed by atoms with van der Waals surface area (Å²) in [7, 11) is 3.78. The number of anilines is 5. The van der Waals surface area contributed by atoms with Crippen LogP contribution in [0.4, 0.5) is 28.7 Å². The van der Waals surface area contributed by atoms with Gasteiger partial charge in [-0.1, -0.05) is 12.1 Å². The van der Waals surface area contributed by atoms with E-state index in [-0.39, 0.29) is 17.3 Å². The second-order valence-electron chi connectivity index (χ2n) is 5.21. The topological polar surface area (TPSA) is 112 Å². The predicted molar refractivity (Wildman–Crippen MR) is 104 cm³/mol. The molecular formula is C16H22N6O2S.